The van der Waals surface area contributed by atoms with Crippen LogP contribution >= 0.6 is 22.7 Å². The number of thiazole rings is 1. The van der Waals surface area contributed by atoms with Gasteiger partial charge in [0, 0.05) is 5.69 Å². The molecule has 0 saturated carbocycles. The van der Waals surface area contributed by atoms with Crippen LogP contribution in [0.15, 0.2) is 46.6 Å². The van der Waals surface area contributed by atoms with Crippen molar-refractivity contribution < 1.29 is 18.0 Å². The maximum Gasteiger partial charge on any atom is 0.416 e. The summed E-state index contributed by atoms with van der Waals surface area (Å²) in [6, 6.07) is 7.77. The number of carbonyl (C=O) groups is 1. The lowest BCUT2D eigenvalue weighted by Gasteiger charge is -2.10. The first-order valence-corrected chi connectivity index (χ1v) is 10.3. The van der Waals surface area contributed by atoms with Crippen LogP contribution in [-0.4, -0.2) is 20.7 Å². The quantitative estimate of drug-likeness (QED) is 0.495. The highest BCUT2D eigenvalue weighted by atomic mass is 32.1. The Morgan fingerprint density at radius 1 is 1.20 bits per heavy atom. The number of nitrogens with one attached hydrogen (secondary N) is 1. The lowest BCUT2D eigenvalue weighted by Crippen LogP contribution is -2.30. The predicted molar refractivity (Wildman–Crippen MR) is 110 cm³/mol. The second kappa shape index (κ2) is 7.65. The van der Waals surface area contributed by atoms with Crippen LogP contribution in [-0.2, 0) is 17.5 Å². The molecular weight excluding hydrogens is 437 g/mol. The molecule has 4 aromatic rings. The second-order valence-electron chi connectivity index (χ2n) is 6.32. The number of benzene rings is 1. The van der Waals surface area contributed by atoms with Gasteiger partial charge in [-0.05, 0) is 42.6 Å². The molecule has 0 aliphatic carbocycles. The first-order valence-electron chi connectivity index (χ1n) is 8.61. The van der Waals surface area contributed by atoms with Crippen molar-refractivity contribution in [3.8, 4) is 10.6 Å². The highest BCUT2D eigenvalue weighted by molar-refractivity contribution is 7.20. The summed E-state index contributed by atoms with van der Waals surface area (Å²) in [5, 5.41) is 9.42. The molecule has 4 rings (SSSR count). The SMILES string of the molecule is Cc1nc2c(=O)n(CC(=O)Nc3ccc(C(F)(F)F)cc3)nc(-c3cccs3)c2s1. The van der Waals surface area contributed by atoms with Gasteiger partial charge in [-0.15, -0.1) is 22.7 Å². The molecule has 0 atom stereocenters. The van der Waals surface area contributed by atoms with Gasteiger partial charge in [0.1, 0.15) is 12.2 Å². The topological polar surface area (TPSA) is 76.9 Å². The highest BCUT2D eigenvalue weighted by Gasteiger charge is 2.30. The molecule has 0 aliphatic rings. The Labute approximate surface area is 175 Å². The lowest BCUT2D eigenvalue weighted by molar-refractivity contribution is -0.137. The van der Waals surface area contributed by atoms with Gasteiger partial charge in [-0.2, -0.15) is 18.3 Å². The summed E-state index contributed by atoms with van der Waals surface area (Å²) in [4.78, 5) is 30.3. The second-order valence-corrected chi connectivity index (χ2v) is 8.47. The molecular formula is C19H13F3N4O2S2. The zero-order valence-electron chi connectivity index (χ0n) is 15.4. The van der Waals surface area contributed by atoms with E-state index in [2.05, 4.69) is 15.4 Å². The Kier molecular flexibility index (Phi) is 5.16. The average Bonchev–Trinajstić information content (AvgIpc) is 3.33. The molecule has 0 radical (unpaired) electrons. The van der Waals surface area contributed by atoms with Gasteiger partial charge < -0.3 is 5.32 Å². The Morgan fingerprint density at radius 2 is 1.93 bits per heavy atom. The van der Waals surface area contributed by atoms with E-state index in [0.717, 1.165) is 33.8 Å². The largest absolute Gasteiger partial charge is 0.416 e. The maximum atomic E-state index is 12.7. The molecule has 0 aliphatic heterocycles. The number of aromatic nitrogens is 3. The number of rotatable bonds is 4. The molecule has 11 heteroatoms. The van der Waals surface area contributed by atoms with Crippen molar-refractivity contribution in [3.05, 3.63) is 62.7 Å². The van der Waals surface area contributed by atoms with E-state index in [1.54, 1.807) is 6.92 Å². The summed E-state index contributed by atoms with van der Waals surface area (Å²) >= 11 is 2.80. The van der Waals surface area contributed by atoms with Gasteiger partial charge in [0.05, 0.1) is 20.1 Å². The first-order chi connectivity index (χ1) is 14.2. The van der Waals surface area contributed by atoms with E-state index >= 15 is 0 Å². The number of anilines is 1. The van der Waals surface area contributed by atoms with E-state index in [-0.39, 0.29) is 11.2 Å². The molecule has 6 nitrogen and oxygen atoms in total. The van der Waals surface area contributed by atoms with Gasteiger partial charge in [-0.1, -0.05) is 6.07 Å². The van der Waals surface area contributed by atoms with E-state index in [0.29, 0.717) is 15.4 Å². The monoisotopic (exact) mass is 450 g/mol. The van der Waals surface area contributed by atoms with E-state index in [1.807, 2.05) is 17.5 Å². The van der Waals surface area contributed by atoms with Gasteiger partial charge in [-0.3, -0.25) is 9.59 Å². The molecule has 1 amide bonds. The third-order valence-electron chi connectivity index (χ3n) is 4.15. The van der Waals surface area contributed by atoms with Crippen molar-refractivity contribution in [3.63, 3.8) is 0 Å². The summed E-state index contributed by atoms with van der Waals surface area (Å²) in [6.45, 7) is 1.38. The van der Waals surface area contributed by atoms with Crippen LogP contribution < -0.4 is 10.9 Å². The molecule has 3 aromatic heterocycles. The summed E-state index contributed by atoms with van der Waals surface area (Å²) in [5.41, 5.74) is -0.337. The number of amides is 1. The van der Waals surface area contributed by atoms with Crippen LogP contribution in [0.1, 0.15) is 10.6 Å². The molecule has 1 N–H and O–H groups in total. The van der Waals surface area contributed by atoms with E-state index < -0.39 is 29.8 Å². The molecule has 0 bridgehead atoms. The van der Waals surface area contributed by atoms with Crippen molar-refractivity contribution >= 4 is 44.5 Å². The minimum absolute atomic E-state index is 0.185. The Balaban J connectivity index is 1.63. The molecule has 0 saturated heterocycles. The first kappa shape index (κ1) is 20.2. The number of halogens is 3. The Morgan fingerprint density at radius 3 is 2.57 bits per heavy atom. The van der Waals surface area contributed by atoms with E-state index in [1.165, 1.54) is 22.7 Å². The van der Waals surface area contributed by atoms with Crippen LogP contribution in [0.2, 0.25) is 0 Å². The lowest BCUT2D eigenvalue weighted by atomic mass is 10.2. The number of nitrogens with zero attached hydrogens (tertiary/aromatic N) is 3. The summed E-state index contributed by atoms with van der Waals surface area (Å²) in [7, 11) is 0. The number of fused-ring (bicyclic) bond motifs is 1. The standard InChI is InChI=1S/C19H13F3N4O2S2/c1-10-23-16-17(30-10)15(13-3-2-8-29-13)25-26(18(16)28)9-14(27)24-12-6-4-11(5-7-12)19(20,21)22/h2-8H,9H2,1H3,(H,24,27). The van der Waals surface area contributed by atoms with E-state index in [4.69, 9.17) is 0 Å². The third kappa shape index (κ3) is 3.98. The van der Waals surface area contributed by atoms with Crippen LogP contribution in [0.4, 0.5) is 18.9 Å². The van der Waals surface area contributed by atoms with Crippen molar-refractivity contribution in [1.29, 1.82) is 0 Å². The average molecular weight is 450 g/mol. The van der Waals surface area contributed by atoms with Crippen molar-refractivity contribution in [2.45, 2.75) is 19.6 Å². The molecule has 3 heterocycles. The van der Waals surface area contributed by atoms with Crippen LogP contribution in [0.5, 0.6) is 0 Å². The Bertz CT molecular complexity index is 1280. The van der Waals surface area contributed by atoms with Gasteiger partial charge in [0.15, 0.2) is 5.52 Å². The van der Waals surface area contributed by atoms with Gasteiger partial charge in [0.2, 0.25) is 5.91 Å². The zero-order chi connectivity index (χ0) is 21.5. The molecule has 1 aromatic carbocycles. The van der Waals surface area contributed by atoms with Gasteiger partial charge in [-0.25, -0.2) is 9.67 Å². The fraction of sp³-hybridized carbons (Fsp3) is 0.158. The third-order valence-corrected chi connectivity index (χ3v) is 6.00. The van der Waals surface area contributed by atoms with Gasteiger partial charge >= 0.3 is 6.18 Å². The van der Waals surface area contributed by atoms with Crippen molar-refractivity contribution in [2.24, 2.45) is 0 Å². The number of aryl methyl sites for hydroxylation is 1. The smallest absolute Gasteiger partial charge is 0.324 e. The summed E-state index contributed by atoms with van der Waals surface area (Å²) in [6.07, 6.45) is -4.46. The molecule has 0 fully saturated rings. The van der Waals surface area contributed by atoms with Crippen LogP contribution in [0.25, 0.3) is 20.8 Å². The number of alkyl halides is 3. The van der Waals surface area contributed by atoms with Crippen molar-refractivity contribution in [1.82, 2.24) is 14.8 Å². The van der Waals surface area contributed by atoms with Crippen LogP contribution in [0.3, 0.4) is 0 Å². The number of carbonyl (C=O) groups excluding carboxylic acids is 1. The predicted octanol–water partition coefficient (Wildman–Crippen LogP) is 4.55. The number of hydrogen-bond acceptors (Lipinski definition) is 6. The van der Waals surface area contributed by atoms with Crippen molar-refractivity contribution in [2.75, 3.05) is 5.32 Å². The maximum absolute atomic E-state index is 12.7. The summed E-state index contributed by atoms with van der Waals surface area (Å²) in [5.74, 6) is -0.590. The van der Waals surface area contributed by atoms with Gasteiger partial charge in [0.25, 0.3) is 5.56 Å². The highest BCUT2D eigenvalue weighted by Crippen LogP contribution is 2.32. The Hall–Kier alpha value is -3.05. The number of thiophene rings is 1. The minimum atomic E-state index is -4.46. The van der Waals surface area contributed by atoms with E-state index in [9.17, 15) is 22.8 Å². The zero-order valence-corrected chi connectivity index (χ0v) is 17.0. The molecule has 154 valence electrons. The number of hydrogen-bond donors (Lipinski definition) is 1. The molecule has 30 heavy (non-hydrogen) atoms. The fourth-order valence-corrected chi connectivity index (χ4v) is 4.52. The van der Waals surface area contributed by atoms with Crippen LogP contribution in [0, 0.1) is 6.92 Å². The molecule has 0 unspecified atom stereocenters. The fourth-order valence-electron chi connectivity index (χ4n) is 2.83. The minimum Gasteiger partial charge on any atom is -0.324 e. The summed E-state index contributed by atoms with van der Waals surface area (Å²) < 4.78 is 39.7. The normalized spacial score (nSPS) is 11.7. The molecule has 0 spiro atoms.